The highest BCUT2D eigenvalue weighted by molar-refractivity contribution is 8.14. The first-order valence-corrected chi connectivity index (χ1v) is 9.50. The van der Waals surface area contributed by atoms with E-state index in [1.54, 1.807) is 0 Å². The minimum absolute atomic E-state index is 0.761. The van der Waals surface area contributed by atoms with E-state index in [2.05, 4.69) is 17.0 Å². The Labute approximate surface area is 134 Å². The first-order valence-electron chi connectivity index (χ1n) is 7.15. The van der Waals surface area contributed by atoms with E-state index in [1.165, 1.54) is 41.6 Å². The topological polar surface area (TPSA) is 15.6 Å². The van der Waals surface area contributed by atoms with E-state index in [-0.39, 0.29) is 0 Å². The Bertz CT molecular complexity index is 475. The van der Waals surface area contributed by atoms with Crippen molar-refractivity contribution < 1.29 is 0 Å². The molecular formula is C15H19ClN2S2. The Morgan fingerprint density at radius 2 is 2.15 bits per heavy atom. The van der Waals surface area contributed by atoms with Crippen molar-refractivity contribution in [3.63, 3.8) is 0 Å². The summed E-state index contributed by atoms with van der Waals surface area (Å²) in [6.07, 6.45) is 4.07. The van der Waals surface area contributed by atoms with Gasteiger partial charge in [0, 0.05) is 34.0 Å². The summed E-state index contributed by atoms with van der Waals surface area (Å²) in [7, 11) is 0. The highest BCUT2D eigenvalue weighted by atomic mass is 35.5. The molecule has 1 unspecified atom stereocenters. The van der Waals surface area contributed by atoms with Gasteiger partial charge in [-0.05, 0) is 43.5 Å². The van der Waals surface area contributed by atoms with Crippen molar-refractivity contribution in [1.82, 2.24) is 4.90 Å². The van der Waals surface area contributed by atoms with Crippen LogP contribution in [0.4, 0.5) is 0 Å². The van der Waals surface area contributed by atoms with Gasteiger partial charge in [0.25, 0.3) is 0 Å². The summed E-state index contributed by atoms with van der Waals surface area (Å²) in [5.41, 5.74) is 0. The number of fused-ring (bicyclic) bond motifs is 1. The molecule has 2 aliphatic heterocycles. The Kier molecular flexibility index (Phi) is 5.19. The molecule has 108 valence electrons. The minimum Gasteiger partial charge on any atom is -0.348 e. The fourth-order valence-electron chi connectivity index (χ4n) is 2.65. The molecule has 0 bridgehead atoms. The van der Waals surface area contributed by atoms with Gasteiger partial charge in [-0.1, -0.05) is 23.4 Å². The second kappa shape index (κ2) is 7.10. The predicted molar refractivity (Wildman–Crippen MR) is 91.3 cm³/mol. The maximum atomic E-state index is 5.88. The number of thioether (sulfide) groups is 2. The number of benzene rings is 1. The van der Waals surface area contributed by atoms with Gasteiger partial charge < -0.3 is 4.90 Å². The standard InChI is InChI=1S/C15H19ClN2S2/c16-12-4-6-14(7-5-12)19-10-8-17-15-18-9-2-1-3-13(18)11-20-15/h4-7,13H,1-3,8-11H2. The van der Waals surface area contributed by atoms with Crippen LogP contribution in [0.3, 0.4) is 0 Å². The average Bonchev–Trinajstić information content (AvgIpc) is 2.89. The van der Waals surface area contributed by atoms with Crippen LogP contribution < -0.4 is 0 Å². The van der Waals surface area contributed by atoms with Crippen molar-refractivity contribution in [2.75, 3.05) is 24.6 Å². The Balaban J connectivity index is 1.47. The Morgan fingerprint density at radius 1 is 1.30 bits per heavy atom. The molecule has 0 amide bonds. The van der Waals surface area contributed by atoms with Crippen molar-refractivity contribution in [3.05, 3.63) is 29.3 Å². The third-order valence-corrected chi connectivity index (χ3v) is 6.12. The van der Waals surface area contributed by atoms with Crippen LogP contribution in [-0.2, 0) is 0 Å². The summed E-state index contributed by atoms with van der Waals surface area (Å²) in [6.45, 7) is 2.11. The molecule has 2 nitrogen and oxygen atoms in total. The zero-order valence-electron chi connectivity index (χ0n) is 11.4. The van der Waals surface area contributed by atoms with E-state index < -0.39 is 0 Å². The molecule has 5 heteroatoms. The minimum atomic E-state index is 0.761. The number of amidine groups is 1. The first kappa shape index (κ1) is 14.6. The molecule has 1 atom stereocenters. The molecule has 0 N–H and O–H groups in total. The molecule has 0 spiro atoms. The average molecular weight is 327 g/mol. The molecule has 3 rings (SSSR count). The molecule has 1 aromatic rings. The molecule has 0 aromatic heterocycles. The summed E-state index contributed by atoms with van der Waals surface area (Å²) < 4.78 is 0. The monoisotopic (exact) mass is 326 g/mol. The molecule has 20 heavy (non-hydrogen) atoms. The third-order valence-electron chi connectivity index (χ3n) is 3.70. The largest absolute Gasteiger partial charge is 0.348 e. The summed E-state index contributed by atoms with van der Waals surface area (Å²) in [5.74, 6) is 2.27. The molecule has 0 saturated carbocycles. The van der Waals surface area contributed by atoms with Crippen LogP contribution in [-0.4, -0.2) is 40.7 Å². The van der Waals surface area contributed by atoms with Crippen LogP contribution in [0.1, 0.15) is 19.3 Å². The summed E-state index contributed by atoms with van der Waals surface area (Å²) in [5, 5.41) is 2.08. The lowest BCUT2D eigenvalue weighted by Crippen LogP contribution is -2.38. The van der Waals surface area contributed by atoms with Crippen LogP contribution in [0.5, 0.6) is 0 Å². The van der Waals surface area contributed by atoms with E-state index in [4.69, 9.17) is 16.6 Å². The molecule has 2 aliphatic rings. The number of nitrogens with zero attached hydrogens (tertiary/aromatic N) is 2. The zero-order valence-corrected chi connectivity index (χ0v) is 13.8. The molecule has 0 aliphatic carbocycles. The number of aliphatic imine (C=N–C) groups is 1. The van der Waals surface area contributed by atoms with Crippen LogP contribution in [0.25, 0.3) is 0 Å². The van der Waals surface area contributed by atoms with Gasteiger partial charge in [-0.25, -0.2) is 0 Å². The molecular weight excluding hydrogens is 308 g/mol. The van der Waals surface area contributed by atoms with Crippen molar-refractivity contribution in [2.24, 2.45) is 4.99 Å². The summed E-state index contributed by atoms with van der Waals surface area (Å²) in [6, 6.07) is 8.80. The number of piperidine rings is 1. The van der Waals surface area contributed by atoms with Gasteiger partial charge in [0.15, 0.2) is 5.17 Å². The lowest BCUT2D eigenvalue weighted by atomic mass is 10.1. The summed E-state index contributed by atoms with van der Waals surface area (Å²) >= 11 is 9.68. The second-order valence-electron chi connectivity index (χ2n) is 5.12. The van der Waals surface area contributed by atoms with E-state index in [0.717, 1.165) is 23.4 Å². The van der Waals surface area contributed by atoms with Gasteiger partial charge in [0.05, 0.1) is 6.54 Å². The number of rotatable bonds is 4. The van der Waals surface area contributed by atoms with Crippen LogP contribution in [0.15, 0.2) is 34.2 Å². The van der Waals surface area contributed by atoms with Crippen molar-refractivity contribution in [1.29, 1.82) is 0 Å². The van der Waals surface area contributed by atoms with Gasteiger partial charge in [-0.15, -0.1) is 11.8 Å². The molecule has 2 heterocycles. The van der Waals surface area contributed by atoms with Gasteiger partial charge in [0.1, 0.15) is 0 Å². The second-order valence-corrected chi connectivity index (χ2v) is 7.71. The van der Waals surface area contributed by atoms with Crippen LogP contribution >= 0.6 is 35.1 Å². The molecule has 0 radical (unpaired) electrons. The van der Waals surface area contributed by atoms with Gasteiger partial charge >= 0.3 is 0 Å². The number of halogens is 1. The number of hydrogen-bond donors (Lipinski definition) is 0. The number of hydrogen-bond acceptors (Lipinski definition) is 3. The predicted octanol–water partition coefficient (Wildman–Crippen LogP) is 4.39. The van der Waals surface area contributed by atoms with Crippen LogP contribution in [0, 0.1) is 0 Å². The Hall–Kier alpha value is -0.320. The van der Waals surface area contributed by atoms with Crippen molar-refractivity contribution >= 4 is 40.3 Å². The molecule has 2 fully saturated rings. The first-order chi connectivity index (χ1) is 9.83. The smallest absolute Gasteiger partial charge is 0.159 e. The van der Waals surface area contributed by atoms with Gasteiger partial charge in [-0.2, -0.15) is 0 Å². The van der Waals surface area contributed by atoms with Crippen molar-refractivity contribution in [3.8, 4) is 0 Å². The zero-order chi connectivity index (χ0) is 13.8. The third kappa shape index (κ3) is 3.66. The van der Waals surface area contributed by atoms with E-state index in [9.17, 15) is 0 Å². The maximum absolute atomic E-state index is 5.88. The molecule has 1 aromatic carbocycles. The van der Waals surface area contributed by atoms with Gasteiger partial charge in [-0.3, -0.25) is 4.99 Å². The van der Waals surface area contributed by atoms with E-state index >= 15 is 0 Å². The van der Waals surface area contributed by atoms with Crippen molar-refractivity contribution in [2.45, 2.75) is 30.2 Å². The Morgan fingerprint density at radius 3 is 3.00 bits per heavy atom. The maximum Gasteiger partial charge on any atom is 0.159 e. The quantitative estimate of drug-likeness (QED) is 0.603. The fourth-order valence-corrected chi connectivity index (χ4v) is 4.80. The highest BCUT2D eigenvalue weighted by Gasteiger charge is 2.31. The lowest BCUT2D eigenvalue weighted by molar-refractivity contribution is 0.274. The van der Waals surface area contributed by atoms with Crippen LogP contribution in [0.2, 0.25) is 5.02 Å². The van der Waals surface area contributed by atoms with Gasteiger partial charge in [0.2, 0.25) is 0 Å². The highest BCUT2D eigenvalue weighted by Crippen LogP contribution is 2.31. The fraction of sp³-hybridized carbons (Fsp3) is 0.533. The normalized spacial score (nSPS) is 24.1. The lowest BCUT2D eigenvalue weighted by Gasteiger charge is -2.30. The SMILES string of the molecule is Clc1ccc(SCCN=C2SCC3CCCCN23)cc1. The summed E-state index contributed by atoms with van der Waals surface area (Å²) in [4.78, 5) is 8.60. The molecule has 2 saturated heterocycles. The van der Waals surface area contributed by atoms with E-state index in [0.29, 0.717) is 0 Å². The van der Waals surface area contributed by atoms with E-state index in [1.807, 2.05) is 35.7 Å².